The van der Waals surface area contributed by atoms with E-state index in [1.54, 1.807) is 10.6 Å². The average molecular weight is 599 g/mol. The van der Waals surface area contributed by atoms with Crippen LogP contribution in [0.4, 0.5) is 14.9 Å². The number of carboxylic acids is 1. The van der Waals surface area contributed by atoms with E-state index in [9.17, 15) is 19.1 Å². The van der Waals surface area contributed by atoms with Crippen LogP contribution in [0.3, 0.4) is 0 Å². The molecule has 4 aromatic rings. The van der Waals surface area contributed by atoms with Crippen LogP contribution in [0.25, 0.3) is 10.9 Å². The van der Waals surface area contributed by atoms with Crippen LogP contribution in [0.1, 0.15) is 34.7 Å². The number of carbonyl (C=O) groups is 2. The van der Waals surface area contributed by atoms with Gasteiger partial charge in [-0.1, -0.05) is 42.0 Å². The van der Waals surface area contributed by atoms with Gasteiger partial charge in [0.15, 0.2) is 0 Å². The molecule has 44 heavy (non-hydrogen) atoms. The van der Waals surface area contributed by atoms with Crippen molar-refractivity contribution in [2.24, 2.45) is 0 Å². The Hall–Kier alpha value is -4.37. The Morgan fingerprint density at radius 3 is 2.48 bits per heavy atom. The first-order chi connectivity index (χ1) is 21.2. The highest BCUT2D eigenvalue weighted by atomic mass is 19.1. The van der Waals surface area contributed by atoms with Gasteiger partial charge >= 0.3 is 12.0 Å². The van der Waals surface area contributed by atoms with Crippen LogP contribution < -0.4 is 9.64 Å². The summed E-state index contributed by atoms with van der Waals surface area (Å²) in [6.45, 7) is 8.03. The molecule has 6 rings (SSSR count). The van der Waals surface area contributed by atoms with Gasteiger partial charge < -0.3 is 19.6 Å². The number of anilines is 1. The molecule has 3 heterocycles. The molecule has 2 aliphatic rings. The second-order valence-corrected chi connectivity index (χ2v) is 12.1. The van der Waals surface area contributed by atoms with Gasteiger partial charge in [-0.2, -0.15) is 0 Å². The first-order valence-electron chi connectivity index (χ1n) is 15.3. The molecule has 2 aliphatic heterocycles. The molecule has 0 aliphatic carbocycles. The number of piperazine rings is 1. The number of fused-ring (bicyclic) bond motifs is 2. The Labute approximate surface area is 257 Å². The number of rotatable bonds is 7. The van der Waals surface area contributed by atoms with E-state index in [-0.39, 0.29) is 18.0 Å². The summed E-state index contributed by atoms with van der Waals surface area (Å²) >= 11 is 0. The molecular formula is C35H39FN4O4. The van der Waals surface area contributed by atoms with E-state index in [1.807, 2.05) is 79.2 Å². The molecular weight excluding hydrogens is 559 g/mol. The number of benzene rings is 3. The van der Waals surface area contributed by atoms with E-state index in [1.165, 1.54) is 12.1 Å². The van der Waals surface area contributed by atoms with Crippen LogP contribution >= 0.6 is 0 Å². The van der Waals surface area contributed by atoms with Crippen LogP contribution in [0, 0.1) is 19.7 Å². The van der Waals surface area contributed by atoms with Crippen molar-refractivity contribution >= 4 is 28.6 Å². The zero-order valence-corrected chi connectivity index (χ0v) is 25.5. The molecule has 0 saturated carbocycles. The molecule has 230 valence electrons. The zero-order chi connectivity index (χ0) is 31.0. The van der Waals surface area contributed by atoms with Crippen molar-refractivity contribution in [1.29, 1.82) is 0 Å². The van der Waals surface area contributed by atoms with Crippen molar-refractivity contribution in [1.82, 2.24) is 14.4 Å². The second-order valence-electron chi connectivity index (χ2n) is 12.1. The molecule has 1 fully saturated rings. The van der Waals surface area contributed by atoms with Gasteiger partial charge in [0, 0.05) is 56.9 Å². The predicted molar refractivity (Wildman–Crippen MR) is 169 cm³/mol. The molecule has 9 heteroatoms. The molecule has 2 atom stereocenters. The van der Waals surface area contributed by atoms with Crippen molar-refractivity contribution in [3.8, 4) is 5.75 Å². The van der Waals surface area contributed by atoms with Crippen LogP contribution in [-0.4, -0.2) is 83.9 Å². The molecule has 0 spiro atoms. The largest absolute Gasteiger partial charge is 0.486 e. The number of nitrogens with zero attached hydrogens (tertiary/aromatic N) is 4. The minimum absolute atomic E-state index is 0.00598. The van der Waals surface area contributed by atoms with Gasteiger partial charge in [0.25, 0.3) is 0 Å². The summed E-state index contributed by atoms with van der Waals surface area (Å²) in [5.74, 6) is -1.24. The minimum atomic E-state index is -0.901. The van der Waals surface area contributed by atoms with E-state index in [4.69, 9.17) is 4.74 Å². The van der Waals surface area contributed by atoms with Crippen molar-refractivity contribution in [2.75, 3.05) is 51.2 Å². The molecule has 1 unspecified atom stereocenters. The van der Waals surface area contributed by atoms with Crippen molar-refractivity contribution in [2.45, 2.75) is 38.7 Å². The predicted octanol–water partition coefficient (Wildman–Crippen LogP) is 5.68. The van der Waals surface area contributed by atoms with Crippen LogP contribution in [0.15, 0.2) is 66.7 Å². The molecule has 1 saturated heterocycles. The number of carboxylic acid groups (broad SMARTS) is 1. The number of hydrogen-bond acceptors (Lipinski definition) is 5. The minimum Gasteiger partial charge on any atom is -0.486 e. The van der Waals surface area contributed by atoms with E-state index in [2.05, 4.69) is 4.90 Å². The van der Waals surface area contributed by atoms with Gasteiger partial charge in [-0.15, -0.1) is 0 Å². The van der Waals surface area contributed by atoms with E-state index >= 15 is 0 Å². The summed E-state index contributed by atoms with van der Waals surface area (Å²) in [6, 6.07) is 20.1. The lowest BCUT2D eigenvalue weighted by Crippen LogP contribution is -2.51. The van der Waals surface area contributed by atoms with Crippen LogP contribution in [-0.2, 0) is 11.2 Å². The quantitative estimate of drug-likeness (QED) is 0.295. The Bertz CT molecular complexity index is 1680. The highest BCUT2D eigenvalue weighted by Crippen LogP contribution is 2.36. The number of amides is 1. The summed E-state index contributed by atoms with van der Waals surface area (Å²) in [5, 5.41) is 11.2. The molecule has 1 aromatic heterocycles. The maximum atomic E-state index is 14.0. The third-order valence-corrected chi connectivity index (χ3v) is 9.04. The number of ether oxygens (including phenoxy) is 1. The first kappa shape index (κ1) is 29.7. The maximum absolute atomic E-state index is 14.0. The highest BCUT2D eigenvalue weighted by Gasteiger charge is 2.32. The lowest BCUT2D eigenvalue weighted by Gasteiger charge is -2.37. The fraction of sp³-hybridized carbons (Fsp3) is 0.371. The summed E-state index contributed by atoms with van der Waals surface area (Å²) in [6.07, 6.45) is 1.18. The van der Waals surface area contributed by atoms with Crippen molar-refractivity contribution < 1.29 is 23.8 Å². The summed E-state index contributed by atoms with van der Waals surface area (Å²) in [4.78, 5) is 32.9. The summed E-state index contributed by atoms with van der Waals surface area (Å²) < 4.78 is 21.5. The fourth-order valence-electron chi connectivity index (χ4n) is 6.70. The monoisotopic (exact) mass is 598 g/mol. The fourth-order valence-corrected chi connectivity index (χ4v) is 6.70. The molecule has 1 amide bonds. The first-order valence-corrected chi connectivity index (χ1v) is 15.3. The van der Waals surface area contributed by atoms with Crippen molar-refractivity contribution in [3.63, 3.8) is 0 Å². The van der Waals surface area contributed by atoms with Gasteiger partial charge in [-0.05, 0) is 62.1 Å². The number of carbonyl (C=O) groups excluding carboxylic acids is 1. The normalized spacial score (nSPS) is 17.8. The third-order valence-electron chi connectivity index (χ3n) is 9.04. The van der Waals surface area contributed by atoms with Gasteiger partial charge in [0.05, 0.1) is 23.7 Å². The Kier molecular flexibility index (Phi) is 8.31. The number of halogens is 1. The van der Waals surface area contributed by atoms with E-state index in [0.717, 1.165) is 53.8 Å². The Morgan fingerprint density at radius 1 is 1.00 bits per heavy atom. The topological polar surface area (TPSA) is 78.2 Å². The van der Waals surface area contributed by atoms with Gasteiger partial charge in [0.2, 0.25) is 0 Å². The van der Waals surface area contributed by atoms with E-state index < -0.39 is 11.9 Å². The highest BCUT2D eigenvalue weighted by molar-refractivity contribution is 5.98. The van der Waals surface area contributed by atoms with Gasteiger partial charge in [-0.3, -0.25) is 14.3 Å². The standard InChI is InChI=1S/C35H39FN4O4/c1-23-9-11-30-28(19-23)33(29(34(41)42)20-25-7-5-4-6-8-25)24(2)40(30)35(43)39-17-15-38(16-18-39)14-13-27-22-37(3)31-21-26(36)10-12-32(31)44-27/h4-12,19,21,27,29H,13-18,20,22H2,1-3H3,(H,41,42)/t27-,29?/m1/s1. The summed E-state index contributed by atoms with van der Waals surface area (Å²) in [7, 11) is 1.96. The van der Waals surface area contributed by atoms with Crippen molar-refractivity contribution in [3.05, 3.63) is 94.9 Å². The van der Waals surface area contributed by atoms with Gasteiger partial charge in [0.1, 0.15) is 17.7 Å². The molecule has 0 bridgehead atoms. The van der Waals surface area contributed by atoms with Crippen LogP contribution in [0.5, 0.6) is 5.75 Å². The number of hydrogen-bond donors (Lipinski definition) is 1. The third kappa shape index (κ3) is 5.88. The Morgan fingerprint density at radius 2 is 1.75 bits per heavy atom. The maximum Gasteiger partial charge on any atom is 0.328 e. The number of aliphatic carboxylic acids is 1. The lowest BCUT2D eigenvalue weighted by molar-refractivity contribution is -0.138. The SMILES string of the molecule is Cc1ccc2c(c1)c(C(Cc1ccccc1)C(=O)O)c(C)n2C(=O)N1CCN(CC[C@@H]2CN(C)c3cc(F)ccc3O2)CC1. The van der Waals surface area contributed by atoms with E-state index in [0.29, 0.717) is 43.1 Å². The molecule has 1 N–H and O–H groups in total. The number of aryl methyl sites for hydroxylation is 1. The number of aromatic nitrogens is 1. The zero-order valence-electron chi connectivity index (χ0n) is 25.5. The second kappa shape index (κ2) is 12.3. The molecule has 3 aromatic carbocycles. The van der Waals surface area contributed by atoms with Crippen LogP contribution in [0.2, 0.25) is 0 Å². The average Bonchev–Trinajstić information content (AvgIpc) is 3.29. The smallest absolute Gasteiger partial charge is 0.328 e. The molecule has 8 nitrogen and oxygen atoms in total. The van der Waals surface area contributed by atoms with Gasteiger partial charge in [-0.25, -0.2) is 9.18 Å². The summed E-state index contributed by atoms with van der Waals surface area (Å²) in [5.41, 5.74) is 4.86. The molecule has 0 radical (unpaired) electrons. The number of likely N-dealkylation sites (N-methyl/N-ethyl adjacent to an activating group) is 1. The Balaban J connectivity index is 1.15. The lowest BCUT2D eigenvalue weighted by atomic mass is 9.89.